The third-order valence-electron chi connectivity index (χ3n) is 1.51. The van der Waals surface area contributed by atoms with Crippen LogP contribution in [0.1, 0.15) is 13.8 Å². The molecular formula is C9H9BrClN3. The first-order chi connectivity index (χ1) is 6.44. The van der Waals surface area contributed by atoms with Crippen molar-refractivity contribution in [1.82, 2.24) is 9.97 Å². The summed E-state index contributed by atoms with van der Waals surface area (Å²) in [5, 5.41) is 3.24. The number of terminal acetylenes is 1. The first-order valence-electron chi connectivity index (χ1n) is 3.88. The molecule has 3 nitrogen and oxygen atoms in total. The van der Waals surface area contributed by atoms with Gasteiger partial charge in [0, 0.05) is 6.20 Å². The van der Waals surface area contributed by atoms with Crippen molar-refractivity contribution in [3.63, 3.8) is 0 Å². The quantitative estimate of drug-likeness (QED) is 0.665. The lowest BCUT2D eigenvalue weighted by atomic mass is 10.1. The highest BCUT2D eigenvalue weighted by atomic mass is 79.9. The van der Waals surface area contributed by atoms with Gasteiger partial charge < -0.3 is 5.32 Å². The molecule has 0 aromatic carbocycles. The smallest absolute Gasteiger partial charge is 0.224 e. The molecule has 0 aliphatic heterocycles. The molecule has 1 aromatic heterocycles. The predicted molar refractivity (Wildman–Crippen MR) is 61.3 cm³/mol. The SMILES string of the molecule is C#CC(C)(C)Nc1nc(Cl)ncc1Br. The van der Waals surface area contributed by atoms with E-state index in [0.717, 1.165) is 4.47 Å². The highest BCUT2D eigenvalue weighted by Crippen LogP contribution is 2.23. The van der Waals surface area contributed by atoms with Crippen molar-refractivity contribution >= 4 is 33.3 Å². The Balaban J connectivity index is 2.98. The molecule has 1 rings (SSSR count). The number of halogens is 2. The van der Waals surface area contributed by atoms with Crippen LogP contribution in [-0.2, 0) is 0 Å². The van der Waals surface area contributed by atoms with Gasteiger partial charge in [-0.1, -0.05) is 5.92 Å². The largest absolute Gasteiger partial charge is 0.353 e. The van der Waals surface area contributed by atoms with Crippen LogP contribution in [-0.4, -0.2) is 15.5 Å². The Morgan fingerprint density at radius 2 is 2.29 bits per heavy atom. The van der Waals surface area contributed by atoms with Crippen LogP contribution >= 0.6 is 27.5 Å². The molecule has 5 heteroatoms. The topological polar surface area (TPSA) is 37.8 Å². The van der Waals surface area contributed by atoms with Gasteiger partial charge in [0.1, 0.15) is 5.82 Å². The van der Waals surface area contributed by atoms with Crippen molar-refractivity contribution in [1.29, 1.82) is 0 Å². The van der Waals surface area contributed by atoms with Crippen LogP contribution in [0.2, 0.25) is 5.28 Å². The van der Waals surface area contributed by atoms with E-state index < -0.39 is 5.54 Å². The van der Waals surface area contributed by atoms with Gasteiger partial charge in [-0.2, -0.15) is 4.98 Å². The average molecular weight is 275 g/mol. The second-order valence-electron chi connectivity index (χ2n) is 3.23. The summed E-state index contributed by atoms with van der Waals surface area (Å²) in [6.45, 7) is 3.74. The first-order valence-corrected chi connectivity index (χ1v) is 5.06. The maximum absolute atomic E-state index is 5.65. The van der Waals surface area contributed by atoms with E-state index in [1.54, 1.807) is 6.20 Å². The maximum atomic E-state index is 5.65. The molecule has 14 heavy (non-hydrogen) atoms. The second-order valence-corrected chi connectivity index (χ2v) is 4.42. The molecule has 0 aliphatic rings. The number of hydrogen-bond donors (Lipinski definition) is 1. The normalized spacial score (nSPS) is 10.8. The summed E-state index contributed by atoms with van der Waals surface area (Å²) in [6, 6.07) is 0. The van der Waals surface area contributed by atoms with E-state index in [9.17, 15) is 0 Å². The monoisotopic (exact) mass is 273 g/mol. The van der Waals surface area contributed by atoms with E-state index >= 15 is 0 Å². The fourth-order valence-electron chi connectivity index (χ4n) is 0.765. The molecule has 0 fully saturated rings. The van der Waals surface area contributed by atoms with Crippen molar-refractivity contribution in [2.75, 3.05) is 5.32 Å². The molecule has 1 N–H and O–H groups in total. The zero-order valence-corrected chi connectivity index (χ0v) is 10.1. The minimum atomic E-state index is -0.472. The average Bonchev–Trinajstić information content (AvgIpc) is 2.11. The fourth-order valence-corrected chi connectivity index (χ4v) is 1.19. The zero-order chi connectivity index (χ0) is 10.8. The molecule has 1 aromatic rings. The Kier molecular flexibility index (Phi) is 3.35. The summed E-state index contributed by atoms with van der Waals surface area (Å²) in [5.74, 6) is 3.19. The van der Waals surface area contributed by atoms with E-state index in [1.807, 2.05) is 13.8 Å². The lowest BCUT2D eigenvalue weighted by molar-refractivity contribution is 0.734. The van der Waals surface area contributed by atoms with Gasteiger partial charge in [0.2, 0.25) is 5.28 Å². The fraction of sp³-hybridized carbons (Fsp3) is 0.333. The van der Waals surface area contributed by atoms with Crippen LogP contribution in [0.3, 0.4) is 0 Å². The third kappa shape index (κ3) is 2.86. The Morgan fingerprint density at radius 1 is 1.64 bits per heavy atom. The molecule has 0 radical (unpaired) electrons. The van der Waals surface area contributed by atoms with Gasteiger partial charge >= 0.3 is 0 Å². The van der Waals surface area contributed by atoms with E-state index in [0.29, 0.717) is 5.82 Å². The standard InChI is InChI=1S/C9H9BrClN3/c1-4-9(2,3)14-7-6(10)5-12-8(11)13-7/h1,5H,2-3H3,(H,12,13,14). The minimum absolute atomic E-state index is 0.184. The third-order valence-corrected chi connectivity index (χ3v) is 2.27. The molecule has 0 unspecified atom stereocenters. The lowest BCUT2D eigenvalue weighted by Crippen LogP contribution is -2.29. The number of nitrogens with one attached hydrogen (secondary N) is 1. The van der Waals surface area contributed by atoms with Gasteiger partial charge in [-0.05, 0) is 41.4 Å². The van der Waals surface area contributed by atoms with Gasteiger partial charge in [0.15, 0.2) is 0 Å². The Labute approximate surface area is 96.4 Å². The predicted octanol–water partition coefficient (Wildman–Crippen LogP) is 2.72. The summed E-state index contributed by atoms with van der Waals surface area (Å²) >= 11 is 8.95. The van der Waals surface area contributed by atoms with E-state index in [4.69, 9.17) is 18.0 Å². The van der Waals surface area contributed by atoms with Crippen molar-refractivity contribution in [2.24, 2.45) is 0 Å². The molecule has 1 heterocycles. The van der Waals surface area contributed by atoms with Crippen LogP contribution < -0.4 is 5.32 Å². The van der Waals surface area contributed by atoms with Crippen LogP contribution in [0.5, 0.6) is 0 Å². The summed E-state index contributed by atoms with van der Waals surface area (Å²) in [5.41, 5.74) is -0.472. The van der Waals surface area contributed by atoms with Gasteiger partial charge in [-0.15, -0.1) is 6.42 Å². The Morgan fingerprint density at radius 3 is 2.86 bits per heavy atom. The summed E-state index contributed by atoms with van der Waals surface area (Å²) in [7, 11) is 0. The number of aromatic nitrogens is 2. The van der Waals surface area contributed by atoms with Crippen LogP contribution in [0.15, 0.2) is 10.7 Å². The molecule has 74 valence electrons. The number of hydrogen-bond acceptors (Lipinski definition) is 3. The number of anilines is 1. The highest BCUT2D eigenvalue weighted by Gasteiger charge is 2.16. The second kappa shape index (κ2) is 4.16. The van der Waals surface area contributed by atoms with Crippen LogP contribution in [0, 0.1) is 12.3 Å². The van der Waals surface area contributed by atoms with Crippen molar-refractivity contribution in [2.45, 2.75) is 19.4 Å². The van der Waals surface area contributed by atoms with E-state index in [-0.39, 0.29) is 5.28 Å². The molecule has 0 saturated heterocycles. The maximum Gasteiger partial charge on any atom is 0.224 e. The van der Waals surface area contributed by atoms with Crippen molar-refractivity contribution in [3.05, 3.63) is 16.0 Å². The van der Waals surface area contributed by atoms with Gasteiger partial charge in [-0.25, -0.2) is 4.98 Å². The van der Waals surface area contributed by atoms with Crippen LogP contribution in [0.25, 0.3) is 0 Å². The molecule has 0 amide bonds. The number of nitrogens with zero attached hydrogens (tertiary/aromatic N) is 2. The zero-order valence-electron chi connectivity index (χ0n) is 7.81. The molecule has 0 spiro atoms. The van der Waals surface area contributed by atoms with Crippen molar-refractivity contribution < 1.29 is 0 Å². The molecule has 0 aliphatic carbocycles. The number of rotatable bonds is 2. The Bertz CT molecular complexity index is 384. The van der Waals surface area contributed by atoms with Gasteiger partial charge in [0.05, 0.1) is 10.0 Å². The first kappa shape index (κ1) is 11.3. The van der Waals surface area contributed by atoms with Crippen LogP contribution in [0.4, 0.5) is 5.82 Å². The molecule has 0 saturated carbocycles. The molecular weight excluding hydrogens is 265 g/mol. The molecule has 0 atom stereocenters. The van der Waals surface area contributed by atoms with Gasteiger partial charge in [-0.3, -0.25) is 0 Å². The lowest BCUT2D eigenvalue weighted by Gasteiger charge is -2.20. The summed E-state index contributed by atoms with van der Waals surface area (Å²) < 4.78 is 0.727. The van der Waals surface area contributed by atoms with Gasteiger partial charge in [0.25, 0.3) is 0 Å². The Hall–Kier alpha value is -0.790. The minimum Gasteiger partial charge on any atom is -0.353 e. The van der Waals surface area contributed by atoms with Crippen molar-refractivity contribution in [3.8, 4) is 12.3 Å². The molecule has 0 bridgehead atoms. The van der Waals surface area contributed by atoms with E-state index in [1.165, 1.54) is 0 Å². The summed E-state index contributed by atoms with van der Waals surface area (Å²) in [4.78, 5) is 7.82. The summed E-state index contributed by atoms with van der Waals surface area (Å²) in [6.07, 6.45) is 6.91. The van der Waals surface area contributed by atoms with E-state index in [2.05, 4.69) is 37.1 Å². The highest BCUT2D eigenvalue weighted by molar-refractivity contribution is 9.10.